The Morgan fingerprint density at radius 1 is 1.16 bits per heavy atom. The summed E-state index contributed by atoms with van der Waals surface area (Å²) >= 11 is 0. The van der Waals surface area contributed by atoms with E-state index < -0.39 is 0 Å². The summed E-state index contributed by atoms with van der Waals surface area (Å²) in [6.45, 7) is 0.548. The van der Waals surface area contributed by atoms with Crippen molar-refractivity contribution < 1.29 is 14.8 Å². The van der Waals surface area contributed by atoms with Gasteiger partial charge in [-0.1, -0.05) is 18.6 Å². The summed E-state index contributed by atoms with van der Waals surface area (Å²) in [6, 6.07) is 11.2. The highest BCUT2D eigenvalue weighted by atomic mass is 16.5. The Morgan fingerprint density at radius 3 is 2.84 bits per heavy atom. The molecule has 0 atom stereocenters. The Bertz CT molecular complexity index is 778. The van der Waals surface area contributed by atoms with Crippen molar-refractivity contribution in [2.24, 2.45) is 0 Å². The number of para-hydroxylation sites is 2. The lowest BCUT2D eigenvalue weighted by molar-refractivity contribution is -0.129. The minimum Gasteiger partial charge on any atom is -0.338 e. The van der Waals surface area contributed by atoms with Gasteiger partial charge in [0.15, 0.2) is 0 Å². The number of benzene rings is 1. The Balaban J connectivity index is 1.75. The molecule has 3 rings (SSSR count). The van der Waals surface area contributed by atoms with E-state index in [2.05, 4.69) is 10.3 Å². The minimum atomic E-state index is -0.389. The van der Waals surface area contributed by atoms with Crippen molar-refractivity contribution in [3.8, 4) is 0 Å². The van der Waals surface area contributed by atoms with E-state index in [9.17, 15) is 9.59 Å². The number of nitrogens with one attached hydrogen (secondary N) is 2. The monoisotopic (exact) mass is 340 g/mol. The fourth-order valence-electron chi connectivity index (χ4n) is 2.88. The second-order valence-electron chi connectivity index (χ2n) is 5.84. The molecular weight excluding hydrogens is 320 g/mol. The van der Waals surface area contributed by atoms with Gasteiger partial charge < -0.3 is 10.2 Å². The van der Waals surface area contributed by atoms with Gasteiger partial charge in [0.1, 0.15) is 5.82 Å². The van der Waals surface area contributed by atoms with Crippen molar-refractivity contribution in [2.75, 3.05) is 16.8 Å². The Hall–Kier alpha value is -2.93. The minimum absolute atomic E-state index is 0.0892. The van der Waals surface area contributed by atoms with Crippen molar-refractivity contribution in [1.82, 2.24) is 10.5 Å². The zero-order valence-corrected chi connectivity index (χ0v) is 13.7. The van der Waals surface area contributed by atoms with E-state index in [1.165, 1.54) is 0 Å². The van der Waals surface area contributed by atoms with E-state index >= 15 is 0 Å². The summed E-state index contributed by atoms with van der Waals surface area (Å²) in [6.07, 6.45) is 4.13. The van der Waals surface area contributed by atoms with Gasteiger partial charge in [0.2, 0.25) is 5.91 Å². The summed E-state index contributed by atoms with van der Waals surface area (Å²) in [4.78, 5) is 30.0. The molecule has 2 aromatic rings. The summed E-state index contributed by atoms with van der Waals surface area (Å²) < 4.78 is 0. The summed E-state index contributed by atoms with van der Waals surface area (Å²) in [5.41, 5.74) is 3.82. The molecule has 0 saturated carbocycles. The molecular formula is C18H20N4O3. The molecule has 25 heavy (non-hydrogen) atoms. The third kappa shape index (κ3) is 3.77. The fraction of sp³-hybridized carbons (Fsp3) is 0.278. The number of unbranched alkanes of at least 4 members (excludes halogenated alkanes) is 2. The lowest BCUT2D eigenvalue weighted by Crippen LogP contribution is -2.31. The number of hydroxylamine groups is 1. The standard InChI is InChI=1S/C18H20N4O3/c23-16(21-25)10-2-1-5-12-22-15-9-4-3-8-14(15)20-17-13(18(22)24)7-6-11-19-17/h3-4,6-9,11,25H,1-2,5,10,12H2,(H,19,20)(H,21,23). The van der Waals surface area contributed by atoms with Crippen LogP contribution in [-0.4, -0.2) is 28.6 Å². The maximum atomic E-state index is 13.0. The second kappa shape index (κ2) is 7.76. The van der Waals surface area contributed by atoms with Crippen molar-refractivity contribution >= 4 is 29.0 Å². The highest BCUT2D eigenvalue weighted by Gasteiger charge is 2.26. The number of nitrogens with zero attached hydrogens (tertiary/aromatic N) is 2. The first-order valence-electron chi connectivity index (χ1n) is 8.26. The Kier molecular flexibility index (Phi) is 5.25. The van der Waals surface area contributed by atoms with Crippen molar-refractivity contribution in [1.29, 1.82) is 0 Å². The number of fused-ring (bicyclic) bond motifs is 2. The van der Waals surface area contributed by atoms with Gasteiger partial charge in [-0.05, 0) is 37.1 Å². The molecule has 0 fully saturated rings. The SMILES string of the molecule is O=C(CCCCCN1C(=O)c2cccnc2Nc2ccccc21)NO. The molecule has 0 unspecified atom stereocenters. The van der Waals surface area contributed by atoms with E-state index in [-0.39, 0.29) is 18.2 Å². The molecule has 1 aromatic carbocycles. The molecule has 3 N–H and O–H groups in total. The van der Waals surface area contributed by atoms with Crippen molar-refractivity contribution in [2.45, 2.75) is 25.7 Å². The number of hydrogen-bond acceptors (Lipinski definition) is 5. The number of rotatable bonds is 6. The van der Waals surface area contributed by atoms with Crippen LogP contribution >= 0.6 is 0 Å². The normalized spacial score (nSPS) is 12.7. The molecule has 7 heteroatoms. The molecule has 1 aliphatic heterocycles. The van der Waals surface area contributed by atoms with Gasteiger partial charge in [-0.25, -0.2) is 10.5 Å². The zero-order valence-electron chi connectivity index (χ0n) is 13.7. The molecule has 0 bridgehead atoms. The lowest BCUT2D eigenvalue weighted by atomic mass is 10.1. The molecule has 1 aromatic heterocycles. The Labute approximate surface area is 145 Å². The number of amides is 2. The van der Waals surface area contributed by atoms with Gasteiger partial charge in [0.25, 0.3) is 5.91 Å². The molecule has 0 spiro atoms. The average molecular weight is 340 g/mol. The van der Waals surface area contributed by atoms with Gasteiger partial charge in [-0.3, -0.25) is 14.8 Å². The quantitative estimate of drug-likeness (QED) is 0.427. The van der Waals surface area contributed by atoms with Gasteiger partial charge in [-0.2, -0.15) is 0 Å². The molecule has 0 saturated heterocycles. The van der Waals surface area contributed by atoms with Crippen LogP contribution in [0.3, 0.4) is 0 Å². The zero-order chi connectivity index (χ0) is 17.6. The molecule has 7 nitrogen and oxygen atoms in total. The first-order valence-corrected chi connectivity index (χ1v) is 8.26. The van der Waals surface area contributed by atoms with Crippen LogP contribution in [0.4, 0.5) is 17.2 Å². The van der Waals surface area contributed by atoms with E-state index in [0.717, 1.165) is 24.2 Å². The number of anilines is 3. The van der Waals surface area contributed by atoms with Gasteiger partial charge in [-0.15, -0.1) is 0 Å². The van der Waals surface area contributed by atoms with Crippen LogP contribution < -0.4 is 15.7 Å². The van der Waals surface area contributed by atoms with Crippen LogP contribution in [0, 0.1) is 0 Å². The molecule has 2 heterocycles. The topological polar surface area (TPSA) is 94.6 Å². The third-order valence-corrected chi connectivity index (χ3v) is 4.14. The highest BCUT2D eigenvalue weighted by Crippen LogP contribution is 2.34. The maximum absolute atomic E-state index is 13.0. The van der Waals surface area contributed by atoms with Gasteiger partial charge in [0, 0.05) is 19.2 Å². The summed E-state index contributed by atoms with van der Waals surface area (Å²) in [7, 11) is 0. The molecule has 130 valence electrons. The van der Waals surface area contributed by atoms with Gasteiger partial charge in [0.05, 0.1) is 16.9 Å². The number of pyridine rings is 1. The number of hydrogen-bond donors (Lipinski definition) is 3. The highest BCUT2D eigenvalue weighted by molar-refractivity contribution is 6.12. The van der Waals surface area contributed by atoms with Crippen LogP contribution in [0.2, 0.25) is 0 Å². The number of carbonyl (C=O) groups excluding carboxylic acids is 2. The molecule has 0 aliphatic carbocycles. The summed E-state index contributed by atoms with van der Waals surface area (Å²) in [5.74, 6) is 0.0797. The smallest absolute Gasteiger partial charge is 0.262 e. The van der Waals surface area contributed by atoms with Crippen LogP contribution in [0.5, 0.6) is 0 Å². The molecule has 2 amide bonds. The molecule has 1 aliphatic rings. The first-order chi connectivity index (χ1) is 12.2. The van der Waals surface area contributed by atoms with Crippen molar-refractivity contribution in [3.63, 3.8) is 0 Å². The predicted octanol–water partition coefficient (Wildman–Crippen LogP) is 2.85. The van der Waals surface area contributed by atoms with Crippen LogP contribution in [0.15, 0.2) is 42.6 Å². The molecule has 0 radical (unpaired) electrons. The van der Waals surface area contributed by atoms with Crippen LogP contribution in [0.1, 0.15) is 36.0 Å². The summed E-state index contributed by atoms with van der Waals surface area (Å²) in [5, 5.41) is 11.7. The van der Waals surface area contributed by atoms with Crippen LogP contribution in [-0.2, 0) is 4.79 Å². The van der Waals surface area contributed by atoms with Crippen molar-refractivity contribution in [3.05, 3.63) is 48.2 Å². The third-order valence-electron chi connectivity index (χ3n) is 4.14. The first kappa shape index (κ1) is 16.9. The van der Waals surface area contributed by atoms with E-state index in [1.807, 2.05) is 24.3 Å². The number of aromatic nitrogens is 1. The lowest BCUT2D eigenvalue weighted by Gasteiger charge is -2.22. The number of carbonyl (C=O) groups is 2. The van der Waals surface area contributed by atoms with E-state index in [4.69, 9.17) is 5.21 Å². The van der Waals surface area contributed by atoms with Gasteiger partial charge >= 0.3 is 0 Å². The van der Waals surface area contributed by atoms with E-state index in [0.29, 0.717) is 24.3 Å². The maximum Gasteiger partial charge on any atom is 0.262 e. The van der Waals surface area contributed by atoms with Crippen LogP contribution in [0.25, 0.3) is 0 Å². The average Bonchev–Trinajstić information content (AvgIpc) is 2.76. The Morgan fingerprint density at radius 2 is 2.00 bits per heavy atom. The largest absolute Gasteiger partial charge is 0.338 e. The fourth-order valence-corrected chi connectivity index (χ4v) is 2.88. The second-order valence-corrected chi connectivity index (χ2v) is 5.84. The van der Waals surface area contributed by atoms with E-state index in [1.54, 1.807) is 28.7 Å². The predicted molar refractivity (Wildman–Crippen MR) is 94.0 cm³/mol.